The van der Waals surface area contributed by atoms with Gasteiger partial charge in [-0.1, -0.05) is 0 Å². The quantitative estimate of drug-likeness (QED) is 0.478. The fourth-order valence-corrected chi connectivity index (χ4v) is 1.01. The van der Waals surface area contributed by atoms with E-state index in [1.165, 1.54) is 0 Å². The normalized spacial score (nSPS) is 32.4. The molecule has 0 bridgehead atoms. The van der Waals surface area contributed by atoms with Crippen molar-refractivity contribution in [1.29, 1.82) is 0 Å². The van der Waals surface area contributed by atoms with Gasteiger partial charge in [0.05, 0.1) is 25.7 Å². The van der Waals surface area contributed by atoms with Gasteiger partial charge in [-0.3, -0.25) is 4.79 Å². The molecular formula is C6H10O4. The zero-order chi connectivity index (χ0) is 7.56. The van der Waals surface area contributed by atoms with E-state index < -0.39 is 11.9 Å². The number of hydrogen-bond acceptors (Lipinski definition) is 4. The van der Waals surface area contributed by atoms with Gasteiger partial charge in [0.15, 0.2) is 0 Å². The highest BCUT2D eigenvalue weighted by molar-refractivity contribution is 5.74. The molecular weight excluding hydrogens is 136 g/mol. The maximum Gasteiger partial charge on any atom is 0.311 e. The van der Waals surface area contributed by atoms with Crippen molar-refractivity contribution < 1.29 is 19.7 Å². The molecule has 0 aromatic rings. The van der Waals surface area contributed by atoms with Crippen LogP contribution in [0.4, 0.5) is 0 Å². The van der Waals surface area contributed by atoms with E-state index in [-0.39, 0.29) is 25.7 Å². The Morgan fingerprint density at radius 2 is 2.20 bits per heavy atom. The lowest BCUT2D eigenvalue weighted by molar-refractivity contribution is -0.142. The second kappa shape index (κ2) is 2.98. The summed E-state index contributed by atoms with van der Waals surface area (Å²) in [6, 6.07) is 0. The van der Waals surface area contributed by atoms with E-state index in [0.717, 1.165) is 0 Å². The van der Waals surface area contributed by atoms with Crippen molar-refractivity contribution in [3.63, 3.8) is 0 Å². The number of aliphatic hydroxyl groups excluding tert-OH is 2. The highest BCUT2D eigenvalue weighted by Gasteiger charge is 2.35. The van der Waals surface area contributed by atoms with Crippen molar-refractivity contribution >= 4 is 5.97 Å². The zero-order valence-electron chi connectivity index (χ0n) is 5.49. The summed E-state index contributed by atoms with van der Waals surface area (Å²) in [5, 5.41) is 17.3. The number of hydrogen-bond donors (Lipinski definition) is 2. The monoisotopic (exact) mass is 146 g/mol. The molecule has 4 heteroatoms. The Bertz CT molecular complexity index is 134. The van der Waals surface area contributed by atoms with Gasteiger partial charge in [0.2, 0.25) is 0 Å². The summed E-state index contributed by atoms with van der Waals surface area (Å²) in [6.45, 7) is -0.0956. The first-order valence-corrected chi connectivity index (χ1v) is 3.18. The van der Waals surface area contributed by atoms with Crippen LogP contribution in [0.1, 0.15) is 0 Å². The van der Waals surface area contributed by atoms with Gasteiger partial charge >= 0.3 is 5.97 Å². The van der Waals surface area contributed by atoms with Crippen LogP contribution in [0.15, 0.2) is 0 Å². The molecule has 1 aliphatic heterocycles. The van der Waals surface area contributed by atoms with E-state index in [1.807, 2.05) is 0 Å². The molecule has 1 aliphatic rings. The molecule has 0 aliphatic carbocycles. The van der Waals surface area contributed by atoms with Gasteiger partial charge in [-0.15, -0.1) is 0 Å². The number of aliphatic hydroxyl groups is 2. The molecule has 2 N–H and O–H groups in total. The molecule has 10 heavy (non-hydrogen) atoms. The smallest absolute Gasteiger partial charge is 0.311 e. The summed E-state index contributed by atoms with van der Waals surface area (Å²) in [7, 11) is 0. The molecule has 4 nitrogen and oxygen atoms in total. The van der Waals surface area contributed by atoms with Crippen LogP contribution in [0.3, 0.4) is 0 Å². The van der Waals surface area contributed by atoms with Gasteiger partial charge in [0.25, 0.3) is 0 Å². The van der Waals surface area contributed by atoms with Gasteiger partial charge in [0, 0.05) is 5.92 Å². The van der Waals surface area contributed by atoms with Gasteiger partial charge < -0.3 is 14.9 Å². The Morgan fingerprint density at radius 1 is 1.50 bits per heavy atom. The van der Waals surface area contributed by atoms with Crippen molar-refractivity contribution in [3.05, 3.63) is 0 Å². The van der Waals surface area contributed by atoms with Crippen LogP contribution in [-0.4, -0.2) is 36.0 Å². The van der Waals surface area contributed by atoms with E-state index in [1.54, 1.807) is 0 Å². The van der Waals surface area contributed by atoms with E-state index in [2.05, 4.69) is 4.74 Å². The van der Waals surface area contributed by atoms with Crippen LogP contribution in [0.5, 0.6) is 0 Å². The molecule has 1 fully saturated rings. The molecule has 0 unspecified atom stereocenters. The highest BCUT2D eigenvalue weighted by atomic mass is 16.5. The minimum atomic E-state index is -0.509. The second-order valence-corrected chi connectivity index (χ2v) is 2.36. The molecule has 0 amide bonds. The number of carbonyl (C=O) groups is 1. The Labute approximate surface area is 58.4 Å². The van der Waals surface area contributed by atoms with Crippen LogP contribution in [0.2, 0.25) is 0 Å². The molecule has 1 heterocycles. The average Bonchev–Trinajstić information content (AvgIpc) is 2.30. The predicted octanol–water partition coefficient (Wildman–Crippen LogP) is -1.24. The fraction of sp³-hybridized carbons (Fsp3) is 0.833. The van der Waals surface area contributed by atoms with Gasteiger partial charge in [-0.05, 0) is 0 Å². The van der Waals surface area contributed by atoms with Gasteiger partial charge in [0.1, 0.15) is 0 Å². The summed E-state index contributed by atoms with van der Waals surface area (Å²) in [6.07, 6.45) is 0. The number of esters is 1. The SMILES string of the molecule is O=C1OC[C@H](CO)[C@@H]1CO. The first-order valence-electron chi connectivity index (χ1n) is 3.18. The lowest BCUT2D eigenvalue weighted by atomic mass is 9.98. The summed E-state index contributed by atoms with van der Waals surface area (Å²) in [5.41, 5.74) is 0. The van der Waals surface area contributed by atoms with Crippen molar-refractivity contribution in [2.45, 2.75) is 0 Å². The molecule has 0 saturated carbocycles. The first kappa shape index (κ1) is 7.50. The Balaban J connectivity index is 2.54. The van der Waals surface area contributed by atoms with Crippen molar-refractivity contribution in [2.24, 2.45) is 11.8 Å². The number of rotatable bonds is 2. The van der Waals surface area contributed by atoms with E-state index in [0.29, 0.717) is 0 Å². The first-order chi connectivity index (χ1) is 4.79. The van der Waals surface area contributed by atoms with Crippen molar-refractivity contribution in [3.8, 4) is 0 Å². The second-order valence-electron chi connectivity index (χ2n) is 2.36. The third-order valence-corrected chi connectivity index (χ3v) is 1.74. The molecule has 0 aromatic carbocycles. The molecule has 0 spiro atoms. The number of ether oxygens (including phenoxy) is 1. The maximum absolute atomic E-state index is 10.7. The van der Waals surface area contributed by atoms with Crippen LogP contribution in [0.25, 0.3) is 0 Å². The molecule has 0 aromatic heterocycles. The Kier molecular flexibility index (Phi) is 2.24. The standard InChI is InChI=1S/C6H10O4/c7-1-4-3-10-6(9)5(4)2-8/h4-5,7-8H,1-3H2/t4-,5-/m0/s1. The summed E-state index contributed by atoms with van der Waals surface area (Å²) < 4.78 is 4.60. The molecule has 58 valence electrons. The molecule has 0 radical (unpaired) electrons. The van der Waals surface area contributed by atoms with Crippen molar-refractivity contribution in [1.82, 2.24) is 0 Å². The lowest BCUT2D eigenvalue weighted by Gasteiger charge is -2.07. The lowest BCUT2D eigenvalue weighted by Crippen LogP contribution is -2.22. The van der Waals surface area contributed by atoms with Crippen molar-refractivity contribution in [2.75, 3.05) is 19.8 Å². The Morgan fingerprint density at radius 3 is 2.60 bits per heavy atom. The number of cyclic esters (lactones) is 1. The van der Waals surface area contributed by atoms with E-state index >= 15 is 0 Å². The highest BCUT2D eigenvalue weighted by Crippen LogP contribution is 2.20. The van der Waals surface area contributed by atoms with Gasteiger partial charge in [-0.25, -0.2) is 0 Å². The minimum absolute atomic E-state index is 0.100. The van der Waals surface area contributed by atoms with Crippen LogP contribution in [-0.2, 0) is 9.53 Å². The zero-order valence-corrected chi connectivity index (χ0v) is 5.49. The third kappa shape index (κ3) is 1.12. The molecule has 1 rings (SSSR count). The maximum atomic E-state index is 10.7. The van der Waals surface area contributed by atoms with Crippen LogP contribution in [0, 0.1) is 11.8 Å². The minimum Gasteiger partial charge on any atom is -0.465 e. The predicted molar refractivity (Wildman–Crippen MR) is 32.1 cm³/mol. The third-order valence-electron chi connectivity index (χ3n) is 1.74. The summed E-state index contributed by atoms with van der Waals surface area (Å²) in [4.78, 5) is 10.7. The number of carbonyl (C=O) groups excluding carboxylic acids is 1. The Hall–Kier alpha value is -0.610. The van der Waals surface area contributed by atoms with Gasteiger partial charge in [-0.2, -0.15) is 0 Å². The van der Waals surface area contributed by atoms with Crippen LogP contribution < -0.4 is 0 Å². The fourth-order valence-electron chi connectivity index (χ4n) is 1.01. The van der Waals surface area contributed by atoms with E-state index in [4.69, 9.17) is 10.2 Å². The summed E-state index contributed by atoms with van der Waals surface area (Å²) >= 11 is 0. The van der Waals surface area contributed by atoms with Crippen LogP contribution >= 0.6 is 0 Å². The average molecular weight is 146 g/mol. The molecule has 1 saturated heterocycles. The van der Waals surface area contributed by atoms with E-state index in [9.17, 15) is 4.79 Å². The topological polar surface area (TPSA) is 66.8 Å². The molecule has 2 atom stereocenters. The summed E-state index contributed by atoms with van der Waals surface area (Å²) in [5.74, 6) is -1.12. The largest absolute Gasteiger partial charge is 0.465 e.